The molecule has 3 N–H and O–H groups in total. The van der Waals surface area contributed by atoms with E-state index in [9.17, 15) is 4.79 Å². The van der Waals surface area contributed by atoms with Gasteiger partial charge in [-0.15, -0.1) is 12.4 Å². The molecule has 0 spiro atoms. The SMILES string of the molecule is Cl.NC1(CNC(=O)c2ccc(Br)cc2Br)CCC1. The highest BCUT2D eigenvalue weighted by atomic mass is 79.9. The minimum absolute atomic E-state index is 0. The molecule has 0 unspecified atom stereocenters. The molecule has 3 nitrogen and oxygen atoms in total. The van der Waals surface area contributed by atoms with Crippen molar-refractivity contribution in [2.24, 2.45) is 5.73 Å². The maximum atomic E-state index is 12.0. The zero-order valence-corrected chi connectivity index (χ0v) is 13.7. The Morgan fingerprint density at radius 1 is 1.39 bits per heavy atom. The summed E-state index contributed by atoms with van der Waals surface area (Å²) in [7, 11) is 0. The average Bonchev–Trinajstić information content (AvgIpc) is 2.23. The van der Waals surface area contributed by atoms with Crippen molar-refractivity contribution in [3.05, 3.63) is 32.7 Å². The van der Waals surface area contributed by atoms with Gasteiger partial charge in [0.1, 0.15) is 0 Å². The van der Waals surface area contributed by atoms with E-state index in [4.69, 9.17) is 5.73 Å². The third-order valence-electron chi connectivity index (χ3n) is 3.13. The summed E-state index contributed by atoms with van der Waals surface area (Å²) in [6, 6.07) is 5.49. The quantitative estimate of drug-likeness (QED) is 0.821. The Hall–Kier alpha value is -0.100. The van der Waals surface area contributed by atoms with E-state index in [0.29, 0.717) is 12.1 Å². The molecule has 0 aliphatic heterocycles. The smallest absolute Gasteiger partial charge is 0.252 e. The molecule has 0 heterocycles. The third-order valence-corrected chi connectivity index (χ3v) is 4.28. The number of nitrogens with one attached hydrogen (secondary N) is 1. The summed E-state index contributed by atoms with van der Waals surface area (Å²) in [6.45, 7) is 0.550. The summed E-state index contributed by atoms with van der Waals surface area (Å²) in [5, 5.41) is 2.89. The number of hydrogen-bond acceptors (Lipinski definition) is 2. The van der Waals surface area contributed by atoms with E-state index in [2.05, 4.69) is 37.2 Å². The minimum Gasteiger partial charge on any atom is -0.350 e. The van der Waals surface area contributed by atoms with Crippen LogP contribution in [0.4, 0.5) is 0 Å². The first-order chi connectivity index (χ1) is 8.00. The maximum Gasteiger partial charge on any atom is 0.252 e. The number of rotatable bonds is 3. The van der Waals surface area contributed by atoms with Crippen LogP contribution in [0.2, 0.25) is 0 Å². The van der Waals surface area contributed by atoms with Crippen LogP contribution in [0, 0.1) is 0 Å². The highest BCUT2D eigenvalue weighted by Gasteiger charge is 2.32. The van der Waals surface area contributed by atoms with Crippen LogP contribution in [0.1, 0.15) is 29.6 Å². The van der Waals surface area contributed by atoms with E-state index < -0.39 is 0 Å². The molecule has 1 aromatic rings. The van der Waals surface area contributed by atoms with E-state index in [1.807, 2.05) is 12.1 Å². The lowest BCUT2D eigenvalue weighted by molar-refractivity contribution is 0.0929. The highest BCUT2D eigenvalue weighted by Crippen LogP contribution is 2.28. The van der Waals surface area contributed by atoms with Crippen LogP contribution in [0.15, 0.2) is 27.1 Å². The number of carbonyl (C=O) groups excluding carboxylic acids is 1. The number of carbonyl (C=O) groups is 1. The Morgan fingerprint density at radius 3 is 2.56 bits per heavy atom. The van der Waals surface area contributed by atoms with Gasteiger partial charge in [-0.05, 0) is 53.4 Å². The van der Waals surface area contributed by atoms with Crippen molar-refractivity contribution < 1.29 is 4.79 Å². The largest absolute Gasteiger partial charge is 0.350 e. The number of amides is 1. The van der Waals surface area contributed by atoms with Crippen LogP contribution in [0.25, 0.3) is 0 Å². The molecule has 0 saturated heterocycles. The van der Waals surface area contributed by atoms with Crippen LogP contribution >= 0.6 is 44.3 Å². The molecule has 1 amide bonds. The molecule has 1 aliphatic rings. The average molecular weight is 399 g/mol. The molecule has 0 radical (unpaired) electrons. The Balaban J connectivity index is 0.00000162. The fourth-order valence-corrected chi connectivity index (χ4v) is 3.06. The van der Waals surface area contributed by atoms with E-state index in [1.54, 1.807) is 6.07 Å². The standard InChI is InChI=1S/C12H14Br2N2O.ClH/c13-8-2-3-9(10(14)6-8)11(17)16-7-12(15)4-1-5-12;/h2-3,6H,1,4-5,7,15H2,(H,16,17);1H. The van der Waals surface area contributed by atoms with Crippen LogP contribution in [0.5, 0.6) is 0 Å². The van der Waals surface area contributed by atoms with Gasteiger partial charge in [-0.25, -0.2) is 0 Å². The topological polar surface area (TPSA) is 55.1 Å². The molecule has 1 fully saturated rings. The number of halogens is 3. The molecule has 0 bridgehead atoms. The Kier molecular flexibility index (Phi) is 5.65. The summed E-state index contributed by atoms with van der Waals surface area (Å²) in [5.74, 6) is -0.0823. The molecule has 1 saturated carbocycles. The Morgan fingerprint density at radius 2 is 2.06 bits per heavy atom. The number of benzene rings is 1. The predicted molar refractivity (Wildman–Crippen MR) is 82.2 cm³/mol. The molecule has 1 aromatic carbocycles. The summed E-state index contributed by atoms with van der Waals surface area (Å²) in [6.07, 6.45) is 3.15. The second-order valence-electron chi connectivity index (χ2n) is 4.52. The van der Waals surface area contributed by atoms with Gasteiger partial charge in [0.05, 0.1) is 5.56 Å². The third kappa shape index (κ3) is 3.70. The Bertz CT molecular complexity index is 450. The molecule has 100 valence electrons. The first-order valence-corrected chi connectivity index (χ1v) is 7.11. The van der Waals surface area contributed by atoms with Crippen LogP contribution in [-0.4, -0.2) is 18.0 Å². The van der Waals surface area contributed by atoms with Gasteiger partial charge in [-0.3, -0.25) is 4.79 Å². The second kappa shape index (κ2) is 6.37. The molecule has 0 aromatic heterocycles. The van der Waals surface area contributed by atoms with E-state index in [-0.39, 0.29) is 23.9 Å². The zero-order valence-electron chi connectivity index (χ0n) is 9.71. The first kappa shape index (κ1) is 16.0. The Labute approximate surface area is 130 Å². The van der Waals surface area contributed by atoms with Crippen molar-refractivity contribution in [2.45, 2.75) is 24.8 Å². The molecular formula is C12H15Br2ClN2O. The normalized spacial score (nSPS) is 16.4. The summed E-state index contributed by atoms with van der Waals surface area (Å²) in [4.78, 5) is 12.0. The molecule has 6 heteroatoms. The van der Waals surface area contributed by atoms with Gasteiger partial charge < -0.3 is 11.1 Å². The first-order valence-electron chi connectivity index (χ1n) is 5.52. The fraction of sp³-hybridized carbons (Fsp3) is 0.417. The van der Waals surface area contributed by atoms with Crippen molar-refractivity contribution in [2.75, 3.05) is 6.54 Å². The van der Waals surface area contributed by atoms with Crippen molar-refractivity contribution in [1.82, 2.24) is 5.32 Å². The lowest BCUT2D eigenvalue weighted by Crippen LogP contribution is -2.54. The number of nitrogens with two attached hydrogens (primary N) is 1. The van der Waals surface area contributed by atoms with Crippen molar-refractivity contribution in [1.29, 1.82) is 0 Å². The van der Waals surface area contributed by atoms with Crippen molar-refractivity contribution in [3.8, 4) is 0 Å². The van der Waals surface area contributed by atoms with E-state index in [1.165, 1.54) is 0 Å². The van der Waals surface area contributed by atoms with E-state index >= 15 is 0 Å². The molecule has 0 atom stereocenters. The van der Waals surface area contributed by atoms with Gasteiger partial charge in [0.2, 0.25) is 0 Å². The van der Waals surface area contributed by atoms with Gasteiger partial charge in [-0.1, -0.05) is 15.9 Å². The monoisotopic (exact) mass is 396 g/mol. The van der Waals surface area contributed by atoms with Gasteiger partial charge >= 0.3 is 0 Å². The summed E-state index contributed by atoms with van der Waals surface area (Å²) in [5.41, 5.74) is 6.51. The highest BCUT2D eigenvalue weighted by molar-refractivity contribution is 9.11. The minimum atomic E-state index is -0.183. The number of hydrogen-bond donors (Lipinski definition) is 2. The molecular weight excluding hydrogens is 383 g/mol. The maximum absolute atomic E-state index is 12.0. The second-order valence-corrected chi connectivity index (χ2v) is 6.29. The molecule has 18 heavy (non-hydrogen) atoms. The lowest BCUT2D eigenvalue weighted by Gasteiger charge is -2.38. The summed E-state index contributed by atoms with van der Waals surface area (Å²) >= 11 is 6.73. The van der Waals surface area contributed by atoms with Gasteiger partial charge in [0.25, 0.3) is 5.91 Å². The lowest BCUT2D eigenvalue weighted by atomic mass is 9.78. The van der Waals surface area contributed by atoms with Crippen molar-refractivity contribution >= 4 is 50.2 Å². The van der Waals surface area contributed by atoms with Gasteiger partial charge in [0, 0.05) is 21.0 Å². The van der Waals surface area contributed by atoms with Crippen LogP contribution in [0.3, 0.4) is 0 Å². The van der Waals surface area contributed by atoms with Crippen molar-refractivity contribution in [3.63, 3.8) is 0 Å². The van der Waals surface area contributed by atoms with Crippen LogP contribution in [-0.2, 0) is 0 Å². The fourth-order valence-electron chi connectivity index (χ4n) is 1.83. The summed E-state index contributed by atoms with van der Waals surface area (Å²) < 4.78 is 1.72. The van der Waals surface area contributed by atoms with E-state index in [0.717, 1.165) is 28.2 Å². The zero-order chi connectivity index (χ0) is 12.5. The predicted octanol–water partition coefficient (Wildman–Crippen LogP) is 3.24. The molecule has 1 aliphatic carbocycles. The van der Waals surface area contributed by atoms with Gasteiger partial charge in [0.15, 0.2) is 0 Å². The molecule has 2 rings (SSSR count). The van der Waals surface area contributed by atoms with Gasteiger partial charge in [-0.2, -0.15) is 0 Å². The van der Waals surface area contributed by atoms with Crippen LogP contribution < -0.4 is 11.1 Å².